The fraction of sp³-hybridized carbons (Fsp3) is 0.111. The monoisotopic (exact) mass is 274 g/mol. The van der Waals surface area contributed by atoms with Gasteiger partial charge in [-0.2, -0.15) is 8.42 Å². The van der Waals surface area contributed by atoms with Crippen LogP contribution in [0.4, 0.5) is 9.02 Å². The van der Waals surface area contributed by atoms with Gasteiger partial charge >= 0.3 is 10.2 Å². The Morgan fingerprint density at radius 3 is 2.76 bits per heavy atom. The van der Waals surface area contributed by atoms with Gasteiger partial charge in [0, 0.05) is 6.92 Å². The van der Waals surface area contributed by atoms with E-state index in [-0.39, 0.29) is 5.91 Å². The number of halogens is 1. The highest BCUT2D eigenvalue weighted by molar-refractivity contribution is 7.86. The van der Waals surface area contributed by atoms with Crippen LogP contribution in [0, 0.1) is 0 Å². The van der Waals surface area contributed by atoms with Crippen molar-refractivity contribution in [2.45, 2.75) is 11.8 Å². The van der Waals surface area contributed by atoms with Gasteiger partial charge in [0.25, 0.3) is 0 Å². The molecule has 0 saturated carbocycles. The van der Waals surface area contributed by atoms with Crippen LogP contribution in [-0.4, -0.2) is 19.3 Å². The highest BCUT2D eigenvalue weighted by atomic mass is 32.3. The molecule has 0 spiro atoms. The molecule has 0 bridgehead atoms. The van der Waals surface area contributed by atoms with E-state index in [0.29, 0.717) is 15.3 Å². The van der Waals surface area contributed by atoms with Crippen LogP contribution in [0.1, 0.15) is 6.92 Å². The number of fused-ring (bicyclic) bond motifs is 1. The summed E-state index contributed by atoms with van der Waals surface area (Å²) in [6.45, 7) is 1.34. The third-order valence-corrected chi connectivity index (χ3v) is 3.68. The Balaban J connectivity index is 2.52. The summed E-state index contributed by atoms with van der Waals surface area (Å²) in [5.41, 5.74) is 0.506. The number of anilines is 1. The Kier molecular flexibility index (Phi) is 2.84. The van der Waals surface area contributed by atoms with Crippen molar-refractivity contribution in [3.8, 4) is 0 Å². The van der Waals surface area contributed by atoms with E-state index >= 15 is 0 Å². The quantitative estimate of drug-likeness (QED) is 0.849. The lowest BCUT2D eigenvalue weighted by Crippen LogP contribution is -2.04. The molecule has 0 fully saturated rings. The second-order valence-corrected chi connectivity index (χ2v) is 5.65. The number of amides is 1. The number of aromatic nitrogens is 1. The Bertz CT molecular complexity index is 693. The van der Waals surface area contributed by atoms with Crippen LogP contribution in [-0.2, 0) is 15.0 Å². The first-order valence-corrected chi connectivity index (χ1v) is 6.69. The van der Waals surface area contributed by atoms with Crippen LogP contribution in [0.5, 0.6) is 0 Å². The second kappa shape index (κ2) is 4.04. The maximum absolute atomic E-state index is 12.8. The first-order chi connectivity index (χ1) is 7.86. The Hall–Kier alpha value is -1.54. The van der Waals surface area contributed by atoms with E-state index in [9.17, 15) is 17.1 Å². The SMILES string of the molecule is CC(=O)Nc1nc2ccc(S(=O)(=O)F)cc2s1. The van der Waals surface area contributed by atoms with Crippen molar-refractivity contribution >= 4 is 42.8 Å². The number of nitrogens with one attached hydrogen (secondary N) is 1. The van der Waals surface area contributed by atoms with Crippen molar-refractivity contribution < 1.29 is 17.1 Å². The second-order valence-electron chi connectivity index (χ2n) is 3.27. The van der Waals surface area contributed by atoms with Gasteiger partial charge in [-0.25, -0.2) is 4.98 Å². The summed E-state index contributed by atoms with van der Waals surface area (Å²) in [4.78, 5) is 14.4. The van der Waals surface area contributed by atoms with Gasteiger partial charge in [-0.05, 0) is 18.2 Å². The zero-order valence-electron chi connectivity index (χ0n) is 8.60. The van der Waals surface area contributed by atoms with Gasteiger partial charge in [0.15, 0.2) is 5.13 Å². The predicted octanol–water partition coefficient (Wildman–Crippen LogP) is 1.91. The summed E-state index contributed by atoms with van der Waals surface area (Å²) >= 11 is 1.08. The lowest BCUT2D eigenvalue weighted by molar-refractivity contribution is -0.114. The van der Waals surface area contributed by atoms with E-state index in [2.05, 4.69) is 10.3 Å². The van der Waals surface area contributed by atoms with Crippen molar-refractivity contribution in [2.24, 2.45) is 0 Å². The number of rotatable bonds is 2. The molecule has 0 aliphatic rings. The minimum Gasteiger partial charge on any atom is -0.302 e. The molecule has 1 N–H and O–H groups in total. The molecule has 8 heteroatoms. The number of hydrogen-bond donors (Lipinski definition) is 1. The van der Waals surface area contributed by atoms with Gasteiger partial charge in [0.2, 0.25) is 5.91 Å². The fourth-order valence-electron chi connectivity index (χ4n) is 1.26. The molecular formula is C9H7FN2O3S2. The van der Waals surface area contributed by atoms with Gasteiger partial charge in [-0.15, -0.1) is 3.89 Å². The smallest absolute Gasteiger partial charge is 0.302 e. The molecule has 17 heavy (non-hydrogen) atoms. The summed E-state index contributed by atoms with van der Waals surface area (Å²) in [7, 11) is -4.72. The molecule has 90 valence electrons. The first kappa shape index (κ1) is 11.9. The highest BCUT2D eigenvalue weighted by Crippen LogP contribution is 2.28. The molecule has 0 aliphatic carbocycles. The van der Waals surface area contributed by atoms with Crippen molar-refractivity contribution in [2.75, 3.05) is 5.32 Å². The summed E-state index contributed by atoms with van der Waals surface area (Å²) < 4.78 is 34.7. The lowest BCUT2D eigenvalue weighted by atomic mass is 10.3. The number of hydrogen-bond acceptors (Lipinski definition) is 5. The maximum atomic E-state index is 12.8. The Morgan fingerprint density at radius 1 is 1.47 bits per heavy atom. The molecule has 0 atom stereocenters. The van der Waals surface area contributed by atoms with Crippen molar-refractivity contribution in [3.05, 3.63) is 18.2 Å². The number of nitrogens with zero attached hydrogens (tertiary/aromatic N) is 1. The normalized spacial score (nSPS) is 11.6. The molecule has 1 amide bonds. The maximum Gasteiger partial charge on any atom is 0.332 e. The highest BCUT2D eigenvalue weighted by Gasteiger charge is 2.14. The third-order valence-electron chi connectivity index (χ3n) is 1.92. The first-order valence-electron chi connectivity index (χ1n) is 4.49. The number of benzene rings is 1. The van der Waals surface area contributed by atoms with Gasteiger partial charge < -0.3 is 5.32 Å². The number of carbonyl (C=O) groups is 1. The zero-order chi connectivity index (χ0) is 12.6. The van der Waals surface area contributed by atoms with Gasteiger partial charge in [-0.1, -0.05) is 11.3 Å². The predicted molar refractivity (Wildman–Crippen MR) is 62.2 cm³/mol. The molecule has 1 heterocycles. The summed E-state index contributed by atoms with van der Waals surface area (Å²) in [5, 5.41) is 2.83. The third kappa shape index (κ3) is 2.59. The van der Waals surface area contributed by atoms with E-state index in [1.165, 1.54) is 19.1 Å². The van der Waals surface area contributed by atoms with Crippen molar-refractivity contribution in [1.29, 1.82) is 0 Å². The van der Waals surface area contributed by atoms with Gasteiger partial charge in [0.05, 0.1) is 10.2 Å². The molecule has 2 aromatic rings. The van der Waals surface area contributed by atoms with E-state index in [4.69, 9.17) is 0 Å². The summed E-state index contributed by atoms with van der Waals surface area (Å²) in [6.07, 6.45) is 0. The summed E-state index contributed by atoms with van der Waals surface area (Å²) in [5.74, 6) is -0.276. The van der Waals surface area contributed by atoms with Gasteiger partial charge in [0.1, 0.15) is 4.90 Å². The molecule has 0 aliphatic heterocycles. The van der Waals surface area contributed by atoms with Gasteiger partial charge in [-0.3, -0.25) is 4.79 Å². The minimum atomic E-state index is -4.72. The fourth-order valence-corrected chi connectivity index (χ4v) is 2.78. The molecule has 5 nitrogen and oxygen atoms in total. The average molecular weight is 274 g/mol. The molecule has 0 saturated heterocycles. The van der Waals surface area contributed by atoms with E-state index in [1.807, 2.05) is 0 Å². The average Bonchev–Trinajstić information content (AvgIpc) is 2.55. The molecule has 0 radical (unpaired) electrons. The largest absolute Gasteiger partial charge is 0.332 e. The van der Waals surface area contributed by atoms with Crippen molar-refractivity contribution in [1.82, 2.24) is 4.98 Å². The number of thiazole rings is 1. The molecule has 1 aromatic carbocycles. The van der Waals surface area contributed by atoms with Crippen LogP contribution in [0.3, 0.4) is 0 Å². The molecule has 0 unspecified atom stereocenters. The van der Waals surface area contributed by atoms with Crippen LogP contribution in [0.15, 0.2) is 23.1 Å². The summed E-state index contributed by atoms with van der Waals surface area (Å²) in [6, 6.07) is 3.71. The van der Waals surface area contributed by atoms with Crippen LogP contribution >= 0.6 is 11.3 Å². The Labute approximate surface area is 101 Å². The van der Waals surface area contributed by atoms with E-state index in [1.54, 1.807) is 0 Å². The lowest BCUT2D eigenvalue weighted by Gasteiger charge is -1.92. The van der Waals surface area contributed by atoms with E-state index in [0.717, 1.165) is 17.4 Å². The zero-order valence-corrected chi connectivity index (χ0v) is 10.2. The topological polar surface area (TPSA) is 76.1 Å². The number of carbonyl (C=O) groups excluding carboxylic acids is 1. The van der Waals surface area contributed by atoms with Crippen molar-refractivity contribution in [3.63, 3.8) is 0 Å². The van der Waals surface area contributed by atoms with Crippen LogP contribution in [0.25, 0.3) is 10.2 Å². The van der Waals surface area contributed by atoms with Crippen LogP contribution in [0.2, 0.25) is 0 Å². The molecule has 2 rings (SSSR count). The molecule has 1 aromatic heterocycles. The minimum absolute atomic E-state index is 0.276. The standard InChI is InChI=1S/C9H7FN2O3S2/c1-5(13)11-9-12-7-3-2-6(17(10,14)15)4-8(7)16-9/h2-4H,1H3,(H,11,12,13). The molecular weight excluding hydrogens is 267 g/mol. The van der Waals surface area contributed by atoms with E-state index < -0.39 is 15.1 Å². The Morgan fingerprint density at radius 2 is 2.18 bits per heavy atom. The van der Waals surface area contributed by atoms with Crippen LogP contribution < -0.4 is 5.32 Å².